The quantitative estimate of drug-likeness (QED) is 0.835. The molecule has 0 saturated carbocycles. The molecule has 2 rings (SSSR count). The molecule has 0 radical (unpaired) electrons. The predicted molar refractivity (Wildman–Crippen MR) is 105 cm³/mol. The number of piperidine rings is 1. The van der Waals surface area contributed by atoms with Crippen molar-refractivity contribution in [3.8, 4) is 11.8 Å². The lowest BCUT2D eigenvalue weighted by atomic mass is 10.00. The number of carbonyl (C=O) groups excluding carboxylic acids is 1. The van der Waals surface area contributed by atoms with Crippen LogP contribution >= 0.6 is 0 Å². The van der Waals surface area contributed by atoms with Crippen molar-refractivity contribution in [1.82, 2.24) is 9.80 Å². The second-order valence-electron chi connectivity index (χ2n) is 8.03. The number of hydrogen-bond acceptors (Lipinski definition) is 4. The SMILES string of the molecule is CC[C@@H](C(=O)N1CCC(Oc2ccc(C#N)cc2)CC1)N(C(=O)O)C(C)(C)C. The van der Waals surface area contributed by atoms with Gasteiger partial charge in [0, 0.05) is 31.5 Å². The molecule has 1 aromatic rings. The fourth-order valence-electron chi connectivity index (χ4n) is 3.56. The van der Waals surface area contributed by atoms with Crippen molar-refractivity contribution >= 4 is 12.0 Å². The Bertz CT molecular complexity index is 726. The van der Waals surface area contributed by atoms with Crippen LogP contribution in [0, 0.1) is 11.3 Å². The maximum atomic E-state index is 13.0. The molecule has 0 unspecified atom stereocenters. The Hall–Kier alpha value is -2.75. The molecule has 1 fully saturated rings. The summed E-state index contributed by atoms with van der Waals surface area (Å²) in [5.74, 6) is 0.566. The zero-order chi connectivity index (χ0) is 20.9. The van der Waals surface area contributed by atoms with Crippen LogP contribution in [0.15, 0.2) is 24.3 Å². The molecule has 1 N–H and O–H groups in total. The Kier molecular flexibility index (Phi) is 6.90. The van der Waals surface area contributed by atoms with Gasteiger partial charge in [0.1, 0.15) is 17.9 Å². The zero-order valence-electron chi connectivity index (χ0n) is 17.0. The van der Waals surface area contributed by atoms with E-state index in [9.17, 15) is 14.7 Å². The first-order chi connectivity index (χ1) is 13.2. The van der Waals surface area contributed by atoms with E-state index in [-0.39, 0.29) is 12.0 Å². The van der Waals surface area contributed by atoms with Gasteiger partial charge in [-0.3, -0.25) is 9.69 Å². The number of ether oxygens (including phenoxy) is 1. The maximum absolute atomic E-state index is 13.0. The molecular weight excluding hydrogens is 358 g/mol. The zero-order valence-corrected chi connectivity index (χ0v) is 17.0. The molecule has 0 aromatic heterocycles. The van der Waals surface area contributed by atoms with Crippen LogP contribution < -0.4 is 4.74 Å². The third-order valence-electron chi connectivity index (χ3n) is 4.95. The molecule has 28 heavy (non-hydrogen) atoms. The molecule has 1 aromatic carbocycles. The molecule has 0 spiro atoms. The van der Waals surface area contributed by atoms with Gasteiger partial charge in [0.25, 0.3) is 0 Å². The van der Waals surface area contributed by atoms with Crippen molar-refractivity contribution in [2.45, 2.75) is 64.6 Å². The first-order valence-electron chi connectivity index (χ1n) is 9.65. The van der Waals surface area contributed by atoms with Crippen LogP contribution in [0.5, 0.6) is 5.75 Å². The highest BCUT2D eigenvalue weighted by Gasteiger charge is 2.39. The van der Waals surface area contributed by atoms with E-state index >= 15 is 0 Å². The van der Waals surface area contributed by atoms with Gasteiger partial charge in [-0.1, -0.05) is 6.92 Å². The third-order valence-corrected chi connectivity index (χ3v) is 4.95. The summed E-state index contributed by atoms with van der Waals surface area (Å²) in [6.07, 6.45) is 0.724. The van der Waals surface area contributed by atoms with Crippen LogP contribution in [-0.4, -0.2) is 57.7 Å². The summed E-state index contributed by atoms with van der Waals surface area (Å²) in [4.78, 5) is 27.8. The monoisotopic (exact) mass is 387 g/mol. The minimum Gasteiger partial charge on any atom is -0.490 e. The molecule has 1 saturated heterocycles. The molecule has 7 nitrogen and oxygen atoms in total. The summed E-state index contributed by atoms with van der Waals surface area (Å²) < 4.78 is 5.96. The minimum atomic E-state index is -1.08. The summed E-state index contributed by atoms with van der Waals surface area (Å²) in [7, 11) is 0. The van der Waals surface area contributed by atoms with Gasteiger partial charge < -0.3 is 14.7 Å². The minimum absolute atomic E-state index is 0.00439. The Morgan fingerprint density at radius 3 is 2.29 bits per heavy atom. The average Bonchev–Trinajstić information content (AvgIpc) is 2.65. The van der Waals surface area contributed by atoms with Crippen molar-refractivity contribution in [2.75, 3.05) is 13.1 Å². The highest BCUT2D eigenvalue weighted by molar-refractivity contribution is 5.85. The van der Waals surface area contributed by atoms with Crippen LogP contribution in [0.4, 0.5) is 4.79 Å². The Balaban J connectivity index is 1.97. The van der Waals surface area contributed by atoms with Gasteiger partial charge in [0.2, 0.25) is 5.91 Å². The molecule has 0 bridgehead atoms. The van der Waals surface area contributed by atoms with Crippen molar-refractivity contribution in [3.63, 3.8) is 0 Å². The van der Waals surface area contributed by atoms with Crippen molar-refractivity contribution in [2.24, 2.45) is 0 Å². The standard InChI is InChI=1S/C21H29N3O4/c1-5-18(24(20(26)27)21(2,3)4)19(25)23-12-10-17(11-13-23)28-16-8-6-15(14-22)7-9-16/h6-9,17-18H,5,10-13H2,1-4H3,(H,26,27)/t18-/m0/s1. The van der Waals surface area contributed by atoms with Crippen LogP contribution in [0.2, 0.25) is 0 Å². The summed E-state index contributed by atoms with van der Waals surface area (Å²) in [6, 6.07) is 8.37. The summed E-state index contributed by atoms with van der Waals surface area (Å²) in [5.41, 5.74) is -0.0701. The largest absolute Gasteiger partial charge is 0.490 e. The van der Waals surface area contributed by atoms with E-state index in [1.165, 1.54) is 4.90 Å². The van der Waals surface area contributed by atoms with Gasteiger partial charge in [0.15, 0.2) is 0 Å². The average molecular weight is 387 g/mol. The molecular formula is C21H29N3O4. The van der Waals surface area contributed by atoms with Gasteiger partial charge in [-0.05, 0) is 51.5 Å². The van der Waals surface area contributed by atoms with Crippen molar-refractivity contribution in [3.05, 3.63) is 29.8 Å². The number of amides is 2. The highest BCUT2D eigenvalue weighted by Crippen LogP contribution is 2.24. The Morgan fingerprint density at radius 2 is 1.86 bits per heavy atom. The maximum Gasteiger partial charge on any atom is 0.408 e. The highest BCUT2D eigenvalue weighted by atomic mass is 16.5. The van der Waals surface area contributed by atoms with Gasteiger partial charge in [-0.2, -0.15) is 5.26 Å². The number of nitrogens with zero attached hydrogens (tertiary/aromatic N) is 3. The molecule has 2 amide bonds. The van der Waals surface area contributed by atoms with Crippen LogP contribution in [-0.2, 0) is 4.79 Å². The number of rotatable bonds is 5. The molecule has 1 aliphatic heterocycles. The fraction of sp³-hybridized carbons (Fsp3) is 0.571. The lowest BCUT2D eigenvalue weighted by Gasteiger charge is -2.41. The van der Waals surface area contributed by atoms with E-state index in [0.717, 1.165) is 0 Å². The third kappa shape index (κ3) is 5.16. The second-order valence-corrected chi connectivity index (χ2v) is 8.03. The summed E-state index contributed by atoms with van der Waals surface area (Å²) in [6.45, 7) is 8.31. The van der Waals surface area contributed by atoms with Gasteiger partial charge in [-0.15, -0.1) is 0 Å². The van der Waals surface area contributed by atoms with Crippen LogP contribution in [0.3, 0.4) is 0 Å². The van der Waals surface area contributed by atoms with E-state index in [1.54, 1.807) is 49.9 Å². The molecule has 0 aliphatic carbocycles. The predicted octanol–water partition coefficient (Wildman–Crippen LogP) is 3.49. The van der Waals surface area contributed by atoms with Crippen molar-refractivity contribution < 1.29 is 19.4 Å². The topological polar surface area (TPSA) is 93.9 Å². The fourth-order valence-corrected chi connectivity index (χ4v) is 3.56. The van der Waals surface area contributed by atoms with Crippen molar-refractivity contribution in [1.29, 1.82) is 5.26 Å². The van der Waals surface area contributed by atoms with E-state index in [2.05, 4.69) is 6.07 Å². The molecule has 1 atom stereocenters. The molecule has 1 heterocycles. The van der Waals surface area contributed by atoms with E-state index in [4.69, 9.17) is 10.00 Å². The normalized spacial score (nSPS) is 16.2. The molecule has 1 aliphatic rings. The van der Waals surface area contributed by atoms with Gasteiger partial charge in [-0.25, -0.2) is 4.79 Å². The number of carboxylic acid groups (broad SMARTS) is 1. The summed E-state index contributed by atoms with van der Waals surface area (Å²) >= 11 is 0. The van der Waals surface area contributed by atoms with Gasteiger partial charge >= 0.3 is 6.09 Å². The van der Waals surface area contributed by atoms with E-state index < -0.39 is 17.7 Å². The Morgan fingerprint density at radius 1 is 1.29 bits per heavy atom. The first kappa shape index (κ1) is 21.5. The van der Waals surface area contributed by atoms with Crippen LogP contribution in [0.25, 0.3) is 0 Å². The van der Waals surface area contributed by atoms with Crippen LogP contribution in [0.1, 0.15) is 52.5 Å². The number of hydrogen-bond donors (Lipinski definition) is 1. The summed E-state index contributed by atoms with van der Waals surface area (Å²) in [5, 5.41) is 18.5. The first-order valence-corrected chi connectivity index (χ1v) is 9.65. The lowest BCUT2D eigenvalue weighted by molar-refractivity contribution is -0.140. The second kappa shape index (κ2) is 8.96. The smallest absolute Gasteiger partial charge is 0.408 e. The van der Waals surface area contributed by atoms with E-state index in [0.29, 0.717) is 43.7 Å². The number of nitriles is 1. The lowest BCUT2D eigenvalue weighted by Crippen LogP contribution is -2.58. The molecule has 152 valence electrons. The Labute approximate surface area is 166 Å². The van der Waals surface area contributed by atoms with Gasteiger partial charge in [0.05, 0.1) is 11.6 Å². The molecule has 7 heteroatoms. The number of likely N-dealkylation sites (tertiary alicyclic amines) is 1. The number of benzene rings is 1. The van der Waals surface area contributed by atoms with E-state index in [1.807, 2.05) is 6.92 Å². The number of carbonyl (C=O) groups is 2.